The summed E-state index contributed by atoms with van der Waals surface area (Å²) in [6.45, 7) is 4.20. The Bertz CT molecular complexity index is 381. The molecule has 2 N–H and O–H groups in total. The maximum absolute atomic E-state index is 11.4. The van der Waals surface area contributed by atoms with E-state index in [9.17, 15) is 18.1 Å². The van der Waals surface area contributed by atoms with Gasteiger partial charge in [-0.3, -0.25) is 4.55 Å². The van der Waals surface area contributed by atoms with Crippen molar-refractivity contribution in [1.29, 1.82) is 0 Å². The van der Waals surface area contributed by atoms with E-state index in [2.05, 4.69) is 13.8 Å². The van der Waals surface area contributed by atoms with E-state index in [4.69, 9.17) is 0 Å². The van der Waals surface area contributed by atoms with Crippen LogP contribution in [-0.2, 0) is 10.1 Å². The van der Waals surface area contributed by atoms with Crippen molar-refractivity contribution < 1.29 is 18.1 Å². The molecule has 5 heteroatoms. The molecule has 0 saturated carbocycles. The van der Waals surface area contributed by atoms with Gasteiger partial charge in [0.1, 0.15) is 0 Å². The van der Waals surface area contributed by atoms with E-state index in [1.54, 1.807) is 0 Å². The molecular weight excluding hydrogens is 336 g/mol. The molecule has 0 rings (SSSR count). The zero-order chi connectivity index (χ0) is 19.0. The van der Waals surface area contributed by atoms with Crippen LogP contribution in [0.15, 0.2) is 0 Å². The normalized spacial score (nSPS) is 14.6. The minimum absolute atomic E-state index is 0.113. The number of aliphatic hydroxyl groups is 1. The maximum Gasteiger partial charge on any atom is 0.267 e. The minimum Gasteiger partial charge on any atom is -0.393 e. The number of hydrogen-bond acceptors (Lipinski definition) is 3. The SMILES string of the molecule is CCCCCC(CCCCCCCCCCC(O)CCC)S(=O)(=O)O. The molecule has 0 aliphatic carbocycles. The van der Waals surface area contributed by atoms with Gasteiger partial charge < -0.3 is 5.11 Å². The van der Waals surface area contributed by atoms with Crippen molar-refractivity contribution >= 4 is 10.1 Å². The molecule has 0 heterocycles. The molecule has 0 saturated heterocycles. The third-order valence-corrected chi connectivity index (χ3v) is 6.30. The molecule has 2 unspecified atom stereocenters. The Labute approximate surface area is 156 Å². The Balaban J connectivity index is 3.57. The molecule has 152 valence electrons. The van der Waals surface area contributed by atoms with Gasteiger partial charge in [-0.2, -0.15) is 8.42 Å². The second-order valence-electron chi connectivity index (χ2n) is 7.48. The average Bonchev–Trinajstić information content (AvgIpc) is 2.54. The Morgan fingerprint density at radius 2 is 1.08 bits per heavy atom. The highest BCUT2D eigenvalue weighted by Gasteiger charge is 2.21. The zero-order valence-corrected chi connectivity index (χ0v) is 17.4. The van der Waals surface area contributed by atoms with Gasteiger partial charge in [-0.1, -0.05) is 90.9 Å². The van der Waals surface area contributed by atoms with Crippen LogP contribution in [0.3, 0.4) is 0 Å². The second kappa shape index (κ2) is 16.1. The van der Waals surface area contributed by atoms with E-state index in [0.29, 0.717) is 12.8 Å². The van der Waals surface area contributed by atoms with Crippen LogP contribution >= 0.6 is 0 Å². The summed E-state index contributed by atoms with van der Waals surface area (Å²) in [5, 5.41) is 9.10. The highest BCUT2D eigenvalue weighted by atomic mass is 32.2. The lowest BCUT2D eigenvalue weighted by Gasteiger charge is -2.13. The van der Waals surface area contributed by atoms with Crippen LogP contribution in [0, 0.1) is 0 Å². The minimum atomic E-state index is -3.88. The van der Waals surface area contributed by atoms with Gasteiger partial charge in [0.15, 0.2) is 0 Å². The Morgan fingerprint density at radius 1 is 0.640 bits per heavy atom. The quantitative estimate of drug-likeness (QED) is 0.230. The maximum atomic E-state index is 11.4. The van der Waals surface area contributed by atoms with Crippen LogP contribution in [0.25, 0.3) is 0 Å². The lowest BCUT2D eigenvalue weighted by Crippen LogP contribution is -2.20. The standard InChI is InChI=1S/C20H42O4S/c1-3-5-12-17-20(25(22,23)24)18-14-11-9-7-6-8-10-13-16-19(21)15-4-2/h19-21H,3-18H2,1-2H3,(H,22,23,24). The summed E-state index contributed by atoms with van der Waals surface area (Å²) >= 11 is 0. The van der Waals surface area contributed by atoms with E-state index in [0.717, 1.165) is 64.2 Å². The summed E-state index contributed by atoms with van der Waals surface area (Å²) in [4.78, 5) is 0. The van der Waals surface area contributed by atoms with Gasteiger partial charge >= 0.3 is 0 Å². The molecule has 0 aromatic rings. The van der Waals surface area contributed by atoms with Crippen molar-refractivity contribution in [2.24, 2.45) is 0 Å². The Kier molecular flexibility index (Phi) is 16.0. The lowest BCUT2D eigenvalue weighted by atomic mass is 10.0. The molecular formula is C20H42O4S. The summed E-state index contributed by atoms with van der Waals surface area (Å²) in [7, 11) is -3.88. The fourth-order valence-corrected chi connectivity index (χ4v) is 4.28. The Morgan fingerprint density at radius 3 is 1.52 bits per heavy atom. The first kappa shape index (κ1) is 24.9. The molecule has 0 spiro atoms. The van der Waals surface area contributed by atoms with Gasteiger partial charge in [0.2, 0.25) is 0 Å². The molecule has 0 bridgehead atoms. The molecule has 0 aliphatic heterocycles. The van der Waals surface area contributed by atoms with Gasteiger partial charge in [-0.15, -0.1) is 0 Å². The van der Waals surface area contributed by atoms with Crippen LogP contribution in [0.1, 0.15) is 117 Å². The monoisotopic (exact) mass is 378 g/mol. The zero-order valence-electron chi connectivity index (χ0n) is 16.6. The summed E-state index contributed by atoms with van der Waals surface area (Å²) in [5.74, 6) is 0. The smallest absolute Gasteiger partial charge is 0.267 e. The first-order chi connectivity index (χ1) is 11.9. The van der Waals surface area contributed by atoms with E-state index in [1.165, 1.54) is 25.7 Å². The van der Waals surface area contributed by atoms with Crippen molar-refractivity contribution in [2.75, 3.05) is 0 Å². The van der Waals surface area contributed by atoms with Crippen LogP contribution in [-0.4, -0.2) is 29.4 Å². The second-order valence-corrected chi connectivity index (χ2v) is 9.18. The van der Waals surface area contributed by atoms with Crippen LogP contribution in [0.2, 0.25) is 0 Å². The number of unbranched alkanes of at least 4 members (excludes halogenated alkanes) is 9. The van der Waals surface area contributed by atoms with E-state index >= 15 is 0 Å². The topological polar surface area (TPSA) is 74.6 Å². The summed E-state index contributed by atoms with van der Waals surface area (Å²) < 4.78 is 32.2. The third-order valence-electron chi connectivity index (χ3n) is 4.99. The molecule has 4 nitrogen and oxygen atoms in total. The van der Waals surface area contributed by atoms with Crippen molar-refractivity contribution in [3.8, 4) is 0 Å². The largest absolute Gasteiger partial charge is 0.393 e. The molecule has 0 aromatic carbocycles. The van der Waals surface area contributed by atoms with Crippen molar-refractivity contribution in [1.82, 2.24) is 0 Å². The van der Waals surface area contributed by atoms with Gasteiger partial charge in [-0.25, -0.2) is 0 Å². The average molecular weight is 379 g/mol. The van der Waals surface area contributed by atoms with Gasteiger partial charge in [0.05, 0.1) is 11.4 Å². The number of aliphatic hydroxyl groups excluding tert-OH is 1. The number of rotatable bonds is 18. The fourth-order valence-electron chi connectivity index (χ4n) is 3.35. The van der Waals surface area contributed by atoms with Gasteiger partial charge in [0.25, 0.3) is 10.1 Å². The highest BCUT2D eigenvalue weighted by Crippen LogP contribution is 2.18. The first-order valence-corrected chi connectivity index (χ1v) is 12.1. The van der Waals surface area contributed by atoms with E-state index in [-0.39, 0.29) is 6.10 Å². The van der Waals surface area contributed by atoms with Crippen LogP contribution in [0.5, 0.6) is 0 Å². The molecule has 0 amide bonds. The molecule has 0 radical (unpaired) electrons. The van der Waals surface area contributed by atoms with Gasteiger partial charge in [0, 0.05) is 0 Å². The predicted molar refractivity (Wildman–Crippen MR) is 107 cm³/mol. The van der Waals surface area contributed by atoms with E-state index < -0.39 is 15.4 Å². The van der Waals surface area contributed by atoms with Crippen LogP contribution < -0.4 is 0 Å². The van der Waals surface area contributed by atoms with Crippen molar-refractivity contribution in [2.45, 2.75) is 128 Å². The lowest BCUT2D eigenvalue weighted by molar-refractivity contribution is 0.150. The van der Waals surface area contributed by atoms with Crippen molar-refractivity contribution in [3.63, 3.8) is 0 Å². The van der Waals surface area contributed by atoms with Gasteiger partial charge in [-0.05, 0) is 25.7 Å². The molecule has 2 atom stereocenters. The molecule has 0 aliphatic rings. The highest BCUT2D eigenvalue weighted by molar-refractivity contribution is 7.86. The number of hydrogen-bond donors (Lipinski definition) is 2. The fraction of sp³-hybridized carbons (Fsp3) is 1.00. The summed E-state index contributed by atoms with van der Waals surface area (Å²) in [5.41, 5.74) is 0. The predicted octanol–water partition coefficient (Wildman–Crippen LogP) is 5.89. The van der Waals surface area contributed by atoms with Crippen molar-refractivity contribution in [3.05, 3.63) is 0 Å². The first-order valence-electron chi connectivity index (χ1n) is 10.6. The summed E-state index contributed by atoms with van der Waals surface area (Å²) in [6.07, 6.45) is 16.0. The van der Waals surface area contributed by atoms with Crippen LogP contribution in [0.4, 0.5) is 0 Å². The Hall–Kier alpha value is -0.130. The third kappa shape index (κ3) is 15.8. The summed E-state index contributed by atoms with van der Waals surface area (Å²) in [6, 6.07) is 0. The van der Waals surface area contributed by atoms with E-state index in [1.807, 2.05) is 0 Å². The molecule has 0 fully saturated rings. The molecule has 25 heavy (non-hydrogen) atoms. The molecule has 0 aromatic heterocycles.